The number of nitrogens with one attached hydrogen (secondary N) is 1. The second-order valence-corrected chi connectivity index (χ2v) is 7.66. The number of rotatable bonds is 6. The van der Waals surface area contributed by atoms with Crippen LogP contribution in [0.5, 0.6) is 0 Å². The second-order valence-electron chi connectivity index (χ2n) is 4.39. The van der Waals surface area contributed by atoms with Gasteiger partial charge in [0.1, 0.15) is 33.5 Å². The number of halogens is 2. The molecule has 2 rings (SSSR count). The molecular formula is C16H13Cl2NO2S2. The van der Waals surface area contributed by atoms with Gasteiger partial charge in [-0.25, -0.2) is 0 Å². The molecule has 0 aliphatic heterocycles. The summed E-state index contributed by atoms with van der Waals surface area (Å²) in [4.78, 5) is 0. The monoisotopic (exact) mass is 385 g/mol. The van der Waals surface area contributed by atoms with E-state index in [1.54, 1.807) is 60.7 Å². The summed E-state index contributed by atoms with van der Waals surface area (Å²) in [5, 5.41) is 4.12. The maximum atomic E-state index is 11.8. The summed E-state index contributed by atoms with van der Waals surface area (Å²) >= 11 is 8.46. The molecule has 0 heterocycles. The van der Waals surface area contributed by atoms with E-state index in [0.717, 1.165) is 11.1 Å². The molecule has 0 saturated heterocycles. The Morgan fingerprint density at radius 1 is 0.696 bits per heavy atom. The zero-order chi connectivity index (χ0) is 16.7. The van der Waals surface area contributed by atoms with E-state index < -0.39 is 22.7 Å². The average Bonchev–Trinajstić information content (AvgIpc) is 2.54. The first-order valence-corrected chi connectivity index (χ1v) is 9.66. The minimum Gasteiger partial charge on any atom is -0.590 e. The van der Waals surface area contributed by atoms with Crippen LogP contribution in [0, 0.1) is 0 Å². The van der Waals surface area contributed by atoms with Crippen LogP contribution in [0.25, 0.3) is 12.2 Å². The van der Waals surface area contributed by atoms with Gasteiger partial charge in [-0.3, -0.25) is 0 Å². The maximum Gasteiger partial charge on any atom is 0.143 e. The van der Waals surface area contributed by atoms with Crippen molar-refractivity contribution in [2.75, 3.05) is 0 Å². The lowest BCUT2D eigenvalue weighted by molar-refractivity contribution is 0.585. The summed E-state index contributed by atoms with van der Waals surface area (Å²) in [6, 6.07) is 14.2. The largest absolute Gasteiger partial charge is 0.590 e. The first-order chi connectivity index (χ1) is 11.0. The van der Waals surface area contributed by atoms with Crippen LogP contribution in [-0.2, 0) is 22.7 Å². The van der Waals surface area contributed by atoms with Crippen LogP contribution in [0.2, 0.25) is 10.0 Å². The molecule has 0 spiro atoms. The van der Waals surface area contributed by atoms with E-state index in [2.05, 4.69) is 4.13 Å². The predicted molar refractivity (Wildman–Crippen MR) is 100 cm³/mol. The standard InChI is InChI=1S/C16H13Cl2NO2S2/c17-15-5-1-13(2-6-15)9-11-22(20)19-23(21)12-10-14-3-7-16(18)8-4-14/h1-12,19H/b11-9+,12-10+. The van der Waals surface area contributed by atoms with Gasteiger partial charge in [-0.05, 0) is 47.5 Å². The molecule has 0 bridgehead atoms. The first-order valence-electron chi connectivity index (χ1n) is 6.48. The second kappa shape index (κ2) is 9.39. The summed E-state index contributed by atoms with van der Waals surface area (Å²) in [5.74, 6) is 0. The molecule has 0 aliphatic rings. The zero-order valence-corrected chi connectivity index (χ0v) is 15.0. The molecule has 2 atom stereocenters. The molecule has 2 aromatic rings. The van der Waals surface area contributed by atoms with Crippen LogP contribution >= 0.6 is 23.2 Å². The van der Waals surface area contributed by atoms with Gasteiger partial charge in [-0.1, -0.05) is 47.5 Å². The number of benzene rings is 2. The van der Waals surface area contributed by atoms with Crippen LogP contribution in [0.15, 0.2) is 59.3 Å². The van der Waals surface area contributed by atoms with Crippen LogP contribution in [0.1, 0.15) is 11.1 Å². The lowest BCUT2D eigenvalue weighted by atomic mass is 10.2. The molecule has 120 valence electrons. The van der Waals surface area contributed by atoms with Gasteiger partial charge >= 0.3 is 0 Å². The Hall–Kier alpha value is -0.920. The molecular weight excluding hydrogens is 373 g/mol. The summed E-state index contributed by atoms with van der Waals surface area (Å²) < 4.78 is 26.0. The molecule has 2 aromatic carbocycles. The van der Waals surface area contributed by atoms with Gasteiger partial charge in [0, 0.05) is 14.2 Å². The van der Waals surface area contributed by atoms with Crippen LogP contribution in [0.3, 0.4) is 0 Å². The highest BCUT2D eigenvalue weighted by molar-refractivity contribution is 8.07. The molecule has 2 unspecified atom stereocenters. The number of hydrogen-bond donors (Lipinski definition) is 1. The molecule has 1 N–H and O–H groups in total. The van der Waals surface area contributed by atoms with Crippen molar-refractivity contribution in [1.82, 2.24) is 4.13 Å². The Morgan fingerprint density at radius 2 is 1.04 bits per heavy atom. The number of hydrogen-bond acceptors (Lipinski definition) is 3. The Bertz CT molecular complexity index is 616. The molecule has 7 heteroatoms. The molecule has 3 nitrogen and oxygen atoms in total. The maximum absolute atomic E-state index is 11.8. The fourth-order valence-electron chi connectivity index (χ4n) is 1.57. The molecule has 0 amide bonds. The molecule has 0 radical (unpaired) electrons. The fourth-order valence-corrected chi connectivity index (χ4v) is 3.47. The SMILES string of the molecule is [O-][S+](/C=C/c1ccc(Cl)cc1)N[S+]([O-])/C=C/c1ccc(Cl)cc1. The van der Waals surface area contributed by atoms with Crippen molar-refractivity contribution in [3.05, 3.63) is 80.5 Å². The van der Waals surface area contributed by atoms with Gasteiger partial charge in [0.2, 0.25) is 0 Å². The zero-order valence-electron chi connectivity index (χ0n) is 11.8. The van der Waals surface area contributed by atoms with Gasteiger partial charge < -0.3 is 9.11 Å². The minimum absolute atomic E-state index is 0.634. The first kappa shape index (κ1) is 18.4. The summed E-state index contributed by atoms with van der Waals surface area (Å²) in [6.45, 7) is 0. The normalized spacial score (nSPS) is 14.4. The predicted octanol–water partition coefficient (Wildman–Crippen LogP) is 4.55. The highest BCUT2D eigenvalue weighted by Crippen LogP contribution is 2.12. The Labute approximate surface area is 151 Å². The van der Waals surface area contributed by atoms with Crippen LogP contribution in [0.4, 0.5) is 0 Å². The quantitative estimate of drug-likeness (QED) is 0.741. The van der Waals surface area contributed by atoms with Crippen molar-refractivity contribution in [3.63, 3.8) is 0 Å². The molecule has 23 heavy (non-hydrogen) atoms. The highest BCUT2D eigenvalue weighted by atomic mass is 35.5. The molecule has 0 aliphatic carbocycles. The molecule has 0 aromatic heterocycles. The summed E-state index contributed by atoms with van der Waals surface area (Å²) in [7, 11) is 0. The van der Waals surface area contributed by atoms with Gasteiger partial charge in [-0.15, -0.1) is 0 Å². The Balaban J connectivity index is 1.85. The van der Waals surface area contributed by atoms with Crippen LogP contribution in [-0.4, -0.2) is 9.11 Å². The van der Waals surface area contributed by atoms with E-state index in [9.17, 15) is 9.11 Å². The third-order valence-corrected chi connectivity index (χ3v) is 5.26. The van der Waals surface area contributed by atoms with Crippen molar-refractivity contribution < 1.29 is 9.11 Å². The van der Waals surface area contributed by atoms with E-state index in [0.29, 0.717) is 10.0 Å². The average molecular weight is 386 g/mol. The van der Waals surface area contributed by atoms with E-state index >= 15 is 0 Å². The Kier molecular flexibility index (Phi) is 7.52. The van der Waals surface area contributed by atoms with Crippen molar-refractivity contribution in [3.8, 4) is 0 Å². The van der Waals surface area contributed by atoms with Crippen molar-refractivity contribution in [2.24, 2.45) is 0 Å². The van der Waals surface area contributed by atoms with Gasteiger partial charge in [0.15, 0.2) is 0 Å². The topological polar surface area (TPSA) is 58.1 Å². The summed E-state index contributed by atoms with van der Waals surface area (Å²) in [5.41, 5.74) is 1.71. The third-order valence-electron chi connectivity index (χ3n) is 2.67. The van der Waals surface area contributed by atoms with Crippen molar-refractivity contribution >= 4 is 58.1 Å². The third kappa shape index (κ3) is 7.01. The Morgan fingerprint density at radius 3 is 1.39 bits per heavy atom. The van der Waals surface area contributed by atoms with Crippen molar-refractivity contribution in [1.29, 1.82) is 0 Å². The van der Waals surface area contributed by atoms with E-state index in [-0.39, 0.29) is 0 Å². The summed E-state index contributed by atoms with van der Waals surface area (Å²) in [6.07, 6.45) is 3.33. The highest BCUT2D eigenvalue weighted by Gasteiger charge is 2.11. The van der Waals surface area contributed by atoms with E-state index in [1.165, 1.54) is 10.8 Å². The van der Waals surface area contributed by atoms with E-state index in [1.807, 2.05) is 0 Å². The fraction of sp³-hybridized carbons (Fsp3) is 0. The van der Waals surface area contributed by atoms with Gasteiger partial charge in [0.25, 0.3) is 0 Å². The lowest BCUT2D eigenvalue weighted by Gasteiger charge is -2.06. The minimum atomic E-state index is -1.55. The van der Waals surface area contributed by atoms with Crippen molar-refractivity contribution in [2.45, 2.75) is 0 Å². The lowest BCUT2D eigenvalue weighted by Crippen LogP contribution is -2.27. The molecule has 0 fully saturated rings. The van der Waals surface area contributed by atoms with Crippen LogP contribution < -0.4 is 4.13 Å². The smallest absolute Gasteiger partial charge is 0.143 e. The van der Waals surface area contributed by atoms with Gasteiger partial charge in [-0.2, -0.15) is 0 Å². The molecule has 0 saturated carbocycles. The van der Waals surface area contributed by atoms with Gasteiger partial charge in [0.05, 0.1) is 0 Å². The van der Waals surface area contributed by atoms with E-state index in [4.69, 9.17) is 23.2 Å².